The summed E-state index contributed by atoms with van der Waals surface area (Å²) < 4.78 is 0. The molecule has 1 heteroatoms. The Kier molecular flexibility index (Phi) is 7.03. The summed E-state index contributed by atoms with van der Waals surface area (Å²) in [4.78, 5) is 0. The van der Waals surface area contributed by atoms with E-state index in [4.69, 9.17) is 0 Å². The Bertz CT molecular complexity index is 27.7. The Hall–Kier alpha value is 0.532. The first kappa shape index (κ1) is 7.53. The zero-order valence-electron chi connectivity index (χ0n) is 5.11. The smallest absolute Gasteiger partial charge is 0.118 e. The molecule has 0 nitrogen and oxygen atoms in total. The highest BCUT2D eigenvalue weighted by molar-refractivity contribution is 6.08. The van der Waals surface area contributed by atoms with Crippen molar-refractivity contribution in [1.29, 1.82) is 0 Å². The third-order valence-corrected chi connectivity index (χ3v) is 1.47. The van der Waals surface area contributed by atoms with Crippen LogP contribution in [0.5, 0.6) is 0 Å². The van der Waals surface area contributed by atoms with Gasteiger partial charge in [0.2, 0.25) is 0 Å². The summed E-state index contributed by atoms with van der Waals surface area (Å²) in [6.45, 7) is 2.24. The van der Waals surface area contributed by atoms with Crippen molar-refractivity contribution >= 4 is 16.3 Å². The number of hydrogen-bond acceptors (Lipinski definition) is 0. The lowest BCUT2D eigenvalue weighted by Crippen LogP contribution is -1.72. The molecule has 0 aliphatic rings. The van der Waals surface area contributed by atoms with Crippen molar-refractivity contribution < 1.29 is 1.43 Å². The first-order valence-corrected chi connectivity index (χ1v) is 3.93. The topological polar surface area (TPSA) is 0 Å². The van der Waals surface area contributed by atoms with Gasteiger partial charge in [-0.2, -0.15) is 0 Å². The van der Waals surface area contributed by atoms with Gasteiger partial charge in [-0.05, 0) is 0 Å². The predicted molar refractivity (Wildman–Crippen MR) is 36.8 cm³/mol. The maximum Gasteiger partial charge on any atom is 0.118 e. The van der Waals surface area contributed by atoms with Gasteiger partial charge in [-0.1, -0.05) is 32.6 Å². The summed E-state index contributed by atoms with van der Waals surface area (Å²) in [5, 5.41) is 1.28. The van der Waals surface area contributed by atoms with Gasteiger partial charge in [-0.3, -0.25) is 0 Å². The summed E-state index contributed by atoms with van der Waals surface area (Å²) in [5.41, 5.74) is 0. The second-order valence-electron chi connectivity index (χ2n) is 1.85. The molecule has 0 rings (SSSR count). The van der Waals surface area contributed by atoms with Crippen LogP contribution in [0.25, 0.3) is 0 Å². The van der Waals surface area contributed by atoms with Crippen molar-refractivity contribution in [3.05, 3.63) is 0 Å². The summed E-state index contributed by atoms with van der Waals surface area (Å²) in [6.07, 6.45) is 5.57. The van der Waals surface area contributed by atoms with E-state index in [9.17, 15) is 0 Å². The summed E-state index contributed by atoms with van der Waals surface area (Å²) in [7, 11) is 0. The van der Waals surface area contributed by atoms with E-state index in [0.29, 0.717) is 0 Å². The molecule has 0 bridgehead atoms. The quantitative estimate of drug-likeness (QED) is 0.389. The molecule has 0 spiro atoms. The van der Waals surface area contributed by atoms with Crippen molar-refractivity contribution in [3.63, 3.8) is 0 Å². The molecule has 0 aliphatic carbocycles. The van der Waals surface area contributed by atoms with Gasteiger partial charge < -0.3 is 0 Å². The van der Waals surface area contributed by atoms with Gasteiger partial charge in [0, 0.05) is 1.43 Å². The highest BCUT2D eigenvalue weighted by Gasteiger charge is 1.79. The van der Waals surface area contributed by atoms with Gasteiger partial charge >= 0.3 is 0 Å². The Labute approximate surface area is 56.2 Å². The molecule has 0 aromatic heterocycles. The first-order valence-electron chi connectivity index (χ1n) is 3.12. The molecule has 0 atom stereocenters. The van der Waals surface area contributed by atoms with Crippen LogP contribution in [0.3, 0.4) is 0 Å². The molecule has 0 unspecified atom stereocenters. The summed E-state index contributed by atoms with van der Waals surface area (Å²) in [6, 6.07) is 0. The maximum absolute atomic E-state index is 2.75. The maximum atomic E-state index is 2.75. The van der Waals surface area contributed by atoms with Crippen molar-refractivity contribution in [2.24, 2.45) is 0 Å². The largest absolute Gasteiger partial charge is 0.118 e. The third kappa shape index (κ3) is 6.53. The van der Waals surface area contributed by atoms with Crippen LogP contribution in [0.2, 0.25) is 5.28 Å². The zero-order valence-corrected chi connectivity index (χ0v) is 6.27. The SMILES string of the molecule is CCCCC[CH2][Al].[HH]. The van der Waals surface area contributed by atoms with E-state index < -0.39 is 0 Å². The fourth-order valence-corrected chi connectivity index (χ4v) is 0.860. The normalized spacial score (nSPS) is 9.29. The van der Waals surface area contributed by atoms with E-state index in [-0.39, 0.29) is 1.43 Å². The van der Waals surface area contributed by atoms with E-state index in [2.05, 4.69) is 23.2 Å². The molecule has 0 fully saturated rings. The predicted octanol–water partition coefficient (Wildman–Crippen LogP) is 2.40. The molecular formula is C6H15Al. The Morgan fingerprint density at radius 3 is 2.43 bits per heavy atom. The molecule has 42 valence electrons. The number of unbranched alkanes of at least 4 members (excludes halogenated alkanes) is 3. The van der Waals surface area contributed by atoms with E-state index in [0.717, 1.165) is 0 Å². The molecular weight excluding hydrogens is 99.0 g/mol. The third-order valence-electron chi connectivity index (χ3n) is 1.06. The van der Waals surface area contributed by atoms with Gasteiger partial charge in [-0.25, -0.2) is 0 Å². The summed E-state index contributed by atoms with van der Waals surface area (Å²) in [5.74, 6) is 0. The van der Waals surface area contributed by atoms with Gasteiger partial charge in [0.05, 0.1) is 0 Å². The van der Waals surface area contributed by atoms with E-state index in [1.54, 1.807) is 0 Å². The molecule has 0 aliphatic heterocycles. The fourth-order valence-electron chi connectivity index (χ4n) is 0.571. The minimum atomic E-state index is 0. The monoisotopic (exact) mass is 114 g/mol. The van der Waals surface area contributed by atoms with Crippen LogP contribution in [0, 0.1) is 0 Å². The van der Waals surface area contributed by atoms with Crippen LogP contribution >= 0.6 is 0 Å². The summed E-state index contributed by atoms with van der Waals surface area (Å²) >= 11 is 2.75. The van der Waals surface area contributed by atoms with Crippen LogP contribution < -0.4 is 0 Å². The molecule has 0 aromatic carbocycles. The molecule has 0 saturated carbocycles. The molecule has 0 aromatic rings. The lowest BCUT2D eigenvalue weighted by Gasteiger charge is -1.91. The lowest BCUT2D eigenvalue weighted by molar-refractivity contribution is 0.701. The zero-order chi connectivity index (χ0) is 5.54. The minimum Gasteiger partial charge on any atom is -0.118 e. The van der Waals surface area contributed by atoms with Crippen molar-refractivity contribution in [2.45, 2.75) is 37.9 Å². The Balaban J connectivity index is 0. The van der Waals surface area contributed by atoms with Crippen LogP contribution in [-0.2, 0) is 0 Å². The second kappa shape index (κ2) is 6.53. The van der Waals surface area contributed by atoms with Crippen molar-refractivity contribution in [2.75, 3.05) is 0 Å². The highest BCUT2D eigenvalue weighted by Crippen LogP contribution is 1.99. The second-order valence-corrected chi connectivity index (χ2v) is 2.43. The number of hydrogen-bond donors (Lipinski definition) is 0. The van der Waals surface area contributed by atoms with E-state index >= 15 is 0 Å². The first-order chi connectivity index (χ1) is 3.41. The van der Waals surface area contributed by atoms with E-state index in [1.807, 2.05) is 0 Å². The molecule has 0 saturated heterocycles. The molecule has 0 heterocycles. The fraction of sp³-hybridized carbons (Fsp3) is 1.00. The molecule has 0 N–H and O–H groups in total. The number of rotatable bonds is 4. The van der Waals surface area contributed by atoms with Gasteiger partial charge in [0.15, 0.2) is 0 Å². The standard InChI is InChI=1S/C6H13.Al.H2/c1-3-5-6-4-2;;/h1,3-6H2,2H3;;1H. The lowest BCUT2D eigenvalue weighted by atomic mass is 10.2. The molecule has 2 radical (unpaired) electrons. The van der Waals surface area contributed by atoms with Crippen LogP contribution in [0.15, 0.2) is 0 Å². The molecule has 0 amide bonds. The van der Waals surface area contributed by atoms with Gasteiger partial charge in [0.1, 0.15) is 16.3 Å². The van der Waals surface area contributed by atoms with Crippen LogP contribution in [0.4, 0.5) is 0 Å². The van der Waals surface area contributed by atoms with Crippen LogP contribution in [0.1, 0.15) is 34.0 Å². The van der Waals surface area contributed by atoms with Crippen molar-refractivity contribution in [1.82, 2.24) is 0 Å². The van der Waals surface area contributed by atoms with E-state index in [1.165, 1.54) is 31.0 Å². The highest BCUT2D eigenvalue weighted by atomic mass is 27.0. The average Bonchev–Trinajstić information content (AvgIpc) is 1.69. The average molecular weight is 114 g/mol. The van der Waals surface area contributed by atoms with Crippen molar-refractivity contribution in [3.8, 4) is 0 Å². The minimum absolute atomic E-state index is 0. The Morgan fingerprint density at radius 1 is 1.29 bits per heavy atom. The van der Waals surface area contributed by atoms with Crippen LogP contribution in [-0.4, -0.2) is 16.3 Å². The molecule has 7 heavy (non-hydrogen) atoms. The van der Waals surface area contributed by atoms with Gasteiger partial charge in [0.25, 0.3) is 0 Å². The Morgan fingerprint density at radius 2 is 2.00 bits per heavy atom. The van der Waals surface area contributed by atoms with Gasteiger partial charge in [-0.15, -0.1) is 5.28 Å².